The van der Waals surface area contributed by atoms with Gasteiger partial charge in [-0.2, -0.15) is 0 Å². The summed E-state index contributed by atoms with van der Waals surface area (Å²) in [6.45, 7) is 0. The molecule has 1 atom stereocenters. The van der Waals surface area contributed by atoms with Gasteiger partial charge in [0.05, 0.1) is 4.83 Å². The fraction of sp³-hybridized carbons (Fsp3) is 0.0667. The van der Waals surface area contributed by atoms with Gasteiger partial charge < -0.3 is 0 Å². The molecule has 0 aliphatic rings. The van der Waals surface area contributed by atoms with Crippen molar-refractivity contribution < 1.29 is 0 Å². The molecule has 102 valence electrons. The number of alkyl halides is 1. The summed E-state index contributed by atoms with van der Waals surface area (Å²) in [7, 11) is 0. The van der Waals surface area contributed by atoms with E-state index in [-0.39, 0.29) is 4.83 Å². The Labute approximate surface area is 155 Å². The molecule has 1 unspecified atom stereocenters. The van der Waals surface area contributed by atoms with E-state index in [4.69, 9.17) is 0 Å². The summed E-state index contributed by atoms with van der Waals surface area (Å²) >= 11 is 16.3. The van der Waals surface area contributed by atoms with Crippen LogP contribution < -0.4 is 0 Å². The molecule has 5 heteroatoms. The zero-order valence-corrected chi connectivity index (χ0v) is 17.2. The summed E-state index contributed by atoms with van der Waals surface area (Å²) < 4.78 is 4.60. The predicted molar refractivity (Wildman–Crippen MR) is 102 cm³/mol. The van der Waals surface area contributed by atoms with Gasteiger partial charge in [-0.1, -0.05) is 59.9 Å². The molecule has 0 aliphatic heterocycles. The third-order valence-corrected chi connectivity index (χ3v) is 6.94. The minimum atomic E-state index is 0.180. The van der Waals surface area contributed by atoms with E-state index in [0.29, 0.717) is 0 Å². The van der Waals surface area contributed by atoms with Crippen molar-refractivity contribution in [2.75, 3.05) is 0 Å². The van der Waals surface area contributed by atoms with Gasteiger partial charge in [0.15, 0.2) is 0 Å². The maximum atomic E-state index is 3.84. The number of halogens is 4. The topological polar surface area (TPSA) is 0 Å². The molecule has 0 aliphatic carbocycles. The first-order valence-electron chi connectivity index (χ1n) is 5.82. The average Bonchev–Trinajstić information content (AvgIpc) is 2.82. The van der Waals surface area contributed by atoms with Crippen molar-refractivity contribution in [3.05, 3.63) is 66.3 Å². The zero-order valence-electron chi connectivity index (χ0n) is 10.0. The minimum Gasteiger partial charge on any atom is -0.142 e. The van der Waals surface area contributed by atoms with Crippen molar-refractivity contribution >= 4 is 85.1 Å². The highest BCUT2D eigenvalue weighted by atomic mass is 79.9. The van der Waals surface area contributed by atoms with Crippen LogP contribution in [0.3, 0.4) is 0 Å². The van der Waals surface area contributed by atoms with Crippen LogP contribution in [0.2, 0.25) is 0 Å². The Morgan fingerprint density at radius 2 is 1.65 bits per heavy atom. The standard InChI is InChI=1S/C15H8Br4S/c16-9-4-8(5-10(17)6-9)14(19)12-7-20-15-11(12)2-1-3-13(15)18/h1-7,14H. The van der Waals surface area contributed by atoms with Crippen LogP contribution in [0.25, 0.3) is 10.1 Å². The van der Waals surface area contributed by atoms with Gasteiger partial charge in [0.2, 0.25) is 0 Å². The lowest BCUT2D eigenvalue weighted by molar-refractivity contribution is 1.20. The van der Waals surface area contributed by atoms with E-state index in [1.807, 2.05) is 6.07 Å². The Bertz CT molecular complexity index is 758. The molecule has 0 spiro atoms. The Balaban J connectivity index is 2.13. The normalized spacial score (nSPS) is 12.8. The van der Waals surface area contributed by atoms with Crippen LogP contribution >= 0.6 is 75.1 Å². The molecule has 2 aromatic carbocycles. The molecule has 3 aromatic rings. The first-order chi connectivity index (χ1) is 9.56. The molecular weight excluding hydrogens is 532 g/mol. The Morgan fingerprint density at radius 1 is 0.950 bits per heavy atom. The molecule has 0 radical (unpaired) electrons. The monoisotopic (exact) mass is 536 g/mol. The summed E-state index contributed by atoms with van der Waals surface area (Å²) in [5.41, 5.74) is 2.53. The molecule has 0 N–H and O–H groups in total. The summed E-state index contributed by atoms with van der Waals surface area (Å²) in [5, 5.41) is 3.52. The molecule has 1 heterocycles. The van der Waals surface area contributed by atoms with E-state index >= 15 is 0 Å². The molecule has 3 rings (SSSR count). The first-order valence-corrected chi connectivity index (χ1v) is 9.99. The maximum absolute atomic E-state index is 3.84. The van der Waals surface area contributed by atoms with Crippen molar-refractivity contribution in [1.82, 2.24) is 0 Å². The molecule has 0 bridgehead atoms. The van der Waals surface area contributed by atoms with Gasteiger partial charge in [0.1, 0.15) is 0 Å². The fourth-order valence-corrected chi connectivity index (χ4v) is 5.93. The lowest BCUT2D eigenvalue weighted by Crippen LogP contribution is -1.92. The maximum Gasteiger partial charge on any atom is 0.0659 e. The second-order valence-electron chi connectivity index (χ2n) is 4.37. The summed E-state index contributed by atoms with van der Waals surface area (Å²) in [5.74, 6) is 0. The first kappa shape index (κ1) is 15.2. The summed E-state index contributed by atoms with van der Waals surface area (Å²) in [4.78, 5) is 0.180. The number of fused-ring (bicyclic) bond motifs is 1. The summed E-state index contributed by atoms with van der Waals surface area (Å²) in [6, 6.07) is 12.7. The SMILES string of the molecule is Brc1cc(Br)cc(C(Br)c2csc3c(Br)cccc23)c1. The van der Waals surface area contributed by atoms with Crippen molar-refractivity contribution in [3.63, 3.8) is 0 Å². The second-order valence-corrected chi connectivity index (χ2v) is 8.85. The zero-order chi connectivity index (χ0) is 14.3. The molecule has 0 amide bonds. The quantitative estimate of drug-likeness (QED) is 0.293. The predicted octanol–water partition coefficient (Wildman–Crippen LogP) is 7.67. The van der Waals surface area contributed by atoms with Crippen LogP contribution in [0, 0.1) is 0 Å². The molecule has 20 heavy (non-hydrogen) atoms. The minimum absolute atomic E-state index is 0.180. The van der Waals surface area contributed by atoms with E-state index in [1.54, 1.807) is 11.3 Å². The van der Waals surface area contributed by atoms with E-state index in [1.165, 1.54) is 21.2 Å². The van der Waals surface area contributed by atoms with Crippen LogP contribution in [0.1, 0.15) is 16.0 Å². The third-order valence-electron chi connectivity index (χ3n) is 3.03. The molecule has 0 fully saturated rings. The van der Waals surface area contributed by atoms with E-state index in [0.717, 1.165) is 13.4 Å². The van der Waals surface area contributed by atoms with Crippen molar-refractivity contribution in [1.29, 1.82) is 0 Å². The average molecular weight is 540 g/mol. The molecule has 0 nitrogen and oxygen atoms in total. The highest BCUT2D eigenvalue weighted by molar-refractivity contribution is 9.11. The highest BCUT2D eigenvalue weighted by Gasteiger charge is 2.16. The third kappa shape index (κ3) is 2.93. The molecular formula is C15H8Br4S. The number of hydrogen-bond acceptors (Lipinski definition) is 1. The number of hydrogen-bond donors (Lipinski definition) is 0. The number of rotatable bonds is 2. The van der Waals surface area contributed by atoms with Gasteiger partial charge in [-0.3, -0.25) is 0 Å². The van der Waals surface area contributed by atoms with Crippen molar-refractivity contribution in [3.8, 4) is 0 Å². The Kier molecular flexibility index (Phi) is 4.73. The molecule has 1 aromatic heterocycles. The van der Waals surface area contributed by atoms with Gasteiger partial charge in [-0.15, -0.1) is 11.3 Å². The van der Waals surface area contributed by atoms with Gasteiger partial charge in [-0.25, -0.2) is 0 Å². The van der Waals surface area contributed by atoms with Crippen LogP contribution in [-0.4, -0.2) is 0 Å². The summed E-state index contributed by atoms with van der Waals surface area (Å²) in [6.07, 6.45) is 0. The van der Waals surface area contributed by atoms with Gasteiger partial charge in [0, 0.05) is 18.1 Å². The van der Waals surface area contributed by atoms with E-state index in [2.05, 4.69) is 99.4 Å². The Hall–Kier alpha value is 0.320. The van der Waals surface area contributed by atoms with E-state index < -0.39 is 0 Å². The highest BCUT2D eigenvalue weighted by Crippen LogP contribution is 2.41. The van der Waals surface area contributed by atoms with Crippen LogP contribution in [0.15, 0.2) is 55.2 Å². The van der Waals surface area contributed by atoms with Crippen LogP contribution in [0.4, 0.5) is 0 Å². The smallest absolute Gasteiger partial charge is 0.0659 e. The van der Waals surface area contributed by atoms with Crippen molar-refractivity contribution in [2.24, 2.45) is 0 Å². The van der Waals surface area contributed by atoms with Gasteiger partial charge >= 0.3 is 0 Å². The largest absolute Gasteiger partial charge is 0.142 e. The number of thiophene rings is 1. The van der Waals surface area contributed by atoms with Crippen LogP contribution in [0.5, 0.6) is 0 Å². The van der Waals surface area contributed by atoms with Crippen LogP contribution in [-0.2, 0) is 0 Å². The van der Waals surface area contributed by atoms with Crippen molar-refractivity contribution in [2.45, 2.75) is 4.83 Å². The molecule has 0 saturated heterocycles. The van der Waals surface area contributed by atoms with Gasteiger partial charge in [-0.05, 0) is 62.1 Å². The molecule has 0 saturated carbocycles. The second kappa shape index (κ2) is 6.21. The Morgan fingerprint density at radius 3 is 2.35 bits per heavy atom. The lowest BCUT2D eigenvalue weighted by atomic mass is 10.0. The van der Waals surface area contributed by atoms with E-state index in [9.17, 15) is 0 Å². The lowest BCUT2D eigenvalue weighted by Gasteiger charge is -2.11. The number of benzene rings is 2. The van der Waals surface area contributed by atoms with Gasteiger partial charge in [0.25, 0.3) is 0 Å². The fourth-order valence-electron chi connectivity index (χ4n) is 2.14.